The molecule has 1 amide bonds. The molecule has 1 aromatic heterocycles. The Morgan fingerprint density at radius 1 is 1.32 bits per heavy atom. The average molecular weight is 412 g/mol. The first-order valence-electron chi connectivity index (χ1n) is 15.1. The maximum Gasteiger partial charge on any atom is 0.230 e. The number of nitrogens with one attached hydrogen (secondary N) is 2. The Labute approximate surface area is 189 Å². The standard InChI is InChI=1S/C21H24N4O2S/c22-21-25-18(14-28-21)12-20(27)24-17-8-6-15(7-9-17)10-11-23-13-19(26)16-4-2-1-3-5-16/h1-9,14,19,23,26H,10-13H2,(H2,22,25)(H,24,27)/t19-/m0/s1/i1D,2D,3D,4D,5D,10D2,11D2,12D2,13D2,14D,19D. The molecule has 0 bridgehead atoms. The fraction of sp³-hybridized carbons (Fsp3) is 0.238. The van der Waals surface area contributed by atoms with Crippen molar-refractivity contribution in [2.75, 3.05) is 24.0 Å². The molecule has 0 fully saturated rings. The van der Waals surface area contributed by atoms with Crippen molar-refractivity contribution in [3.8, 4) is 0 Å². The molecule has 0 spiro atoms. The quantitative estimate of drug-likeness (QED) is 0.434. The van der Waals surface area contributed by atoms with Crippen LogP contribution in [-0.2, 0) is 17.5 Å². The second-order valence-corrected chi connectivity index (χ2v) is 5.83. The van der Waals surface area contributed by atoms with Crippen molar-refractivity contribution in [1.29, 1.82) is 0 Å². The number of nitrogens with two attached hydrogens (primary N) is 1. The van der Waals surface area contributed by atoms with Gasteiger partial charge >= 0.3 is 0 Å². The number of aliphatic hydroxyl groups is 1. The Bertz CT molecular complexity index is 1530. The van der Waals surface area contributed by atoms with Gasteiger partial charge < -0.3 is 21.5 Å². The van der Waals surface area contributed by atoms with Crippen LogP contribution in [0.1, 0.15) is 43.5 Å². The number of carbonyl (C=O) groups is 1. The minimum absolute atomic E-state index is 0.0614. The molecular weight excluding hydrogens is 372 g/mol. The van der Waals surface area contributed by atoms with Gasteiger partial charge in [-0.1, -0.05) is 42.3 Å². The van der Waals surface area contributed by atoms with E-state index in [2.05, 4.69) is 10.3 Å². The van der Waals surface area contributed by atoms with Crippen LogP contribution in [0.3, 0.4) is 0 Å². The first-order chi connectivity index (χ1) is 19.4. The van der Waals surface area contributed by atoms with Crippen molar-refractivity contribution < 1.29 is 30.5 Å². The Balaban J connectivity index is 1.88. The molecule has 146 valence electrons. The topological polar surface area (TPSA) is 100 Å². The van der Waals surface area contributed by atoms with Crippen molar-refractivity contribution in [2.24, 2.45) is 0 Å². The molecule has 0 saturated heterocycles. The van der Waals surface area contributed by atoms with Crippen molar-refractivity contribution >= 4 is 28.1 Å². The maximum absolute atomic E-state index is 12.6. The van der Waals surface area contributed by atoms with Gasteiger partial charge in [0, 0.05) is 28.5 Å². The smallest absolute Gasteiger partial charge is 0.230 e. The molecule has 7 heteroatoms. The number of nitrogen functional groups attached to an aromatic ring is 1. The van der Waals surface area contributed by atoms with E-state index in [1.807, 2.05) is 0 Å². The molecule has 28 heavy (non-hydrogen) atoms. The zero-order valence-corrected chi connectivity index (χ0v) is 14.9. The number of anilines is 2. The maximum atomic E-state index is 12.6. The molecule has 0 aliphatic carbocycles. The molecule has 5 N–H and O–H groups in total. The van der Waals surface area contributed by atoms with Gasteiger partial charge in [-0.05, 0) is 36.1 Å². The van der Waals surface area contributed by atoms with Gasteiger partial charge in [-0.3, -0.25) is 4.79 Å². The van der Waals surface area contributed by atoms with E-state index in [-0.39, 0.29) is 16.2 Å². The van der Waals surface area contributed by atoms with Crippen molar-refractivity contribution in [3.63, 3.8) is 0 Å². The second-order valence-electron chi connectivity index (χ2n) is 5.01. The molecular formula is C21H24N4O2S. The van der Waals surface area contributed by atoms with E-state index in [0.717, 1.165) is 24.3 Å². The molecule has 0 aliphatic heterocycles. The molecule has 1 atom stereocenters. The summed E-state index contributed by atoms with van der Waals surface area (Å²) < 4.78 is 121. The Morgan fingerprint density at radius 3 is 2.75 bits per heavy atom. The number of hydrogen-bond acceptors (Lipinski definition) is 6. The summed E-state index contributed by atoms with van der Waals surface area (Å²) in [6.07, 6.45) is -9.59. The van der Waals surface area contributed by atoms with Gasteiger partial charge in [0.1, 0.15) is 0 Å². The van der Waals surface area contributed by atoms with Gasteiger partial charge in [-0.2, -0.15) is 0 Å². The summed E-state index contributed by atoms with van der Waals surface area (Å²) in [4.78, 5) is 16.3. The lowest BCUT2D eigenvalue weighted by Crippen LogP contribution is -2.23. The van der Waals surface area contributed by atoms with E-state index < -0.39 is 84.8 Å². The van der Waals surface area contributed by atoms with Crippen LogP contribution < -0.4 is 16.4 Å². The minimum Gasteiger partial charge on any atom is -0.387 e. The fourth-order valence-electron chi connectivity index (χ4n) is 1.84. The third kappa shape index (κ3) is 6.16. The minimum atomic E-state index is -3.71. The number of aromatic nitrogens is 1. The molecule has 3 aromatic rings. The Kier molecular flexibility index (Phi) is 2.97. The monoisotopic (exact) mass is 411 g/mol. The average Bonchev–Trinajstić information content (AvgIpc) is 3.24. The predicted molar refractivity (Wildman–Crippen MR) is 113 cm³/mol. The summed E-state index contributed by atoms with van der Waals surface area (Å²) in [5, 5.41) is 14.1. The summed E-state index contributed by atoms with van der Waals surface area (Å²) in [7, 11) is 0. The number of thiazole rings is 1. The summed E-state index contributed by atoms with van der Waals surface area (Å²) in [5.74, 6) is -1.23. The van der Waals surface area contributed by atoms with Gasteiger partial charge in [0.2, 0.25) is 5.91 Å². The van der Waals surface area contributed by atoms with E-state index in [9.17, 15) is 9.90 Å². The molecule has 0 unspecified atom stereocenters. The third-order valence-corrected chi connectivity index (χ3v) is 3.63. The first kappa shape index (κ1) is 8.32. The van der Waals surface area contributed by atoms with Crippen LogP contribution in [0.4, 0.5) is 10.8 Å². The van der Waals surface area contributed by atoms with Gasteiger partial charge in [0.25, 0.3) is 0 Å². The number of hydrogen-bond donors (Lipinski definition) is 4. The van der Waals surface area contributed by atoms with Crippen LogP contribution in [0.15, 0.2) is 59.8 Å². The van der Waals surface area contributed by atoms with Gasteiger partial charge in [-0.15, -0.1) is 11.3 Å². The van der Waals surface area contributed by atoms with E-state index in [0.29, 0.717) is 11.3 Å². The summed E-state index contributed by atoms with van der Waals surface area (Å²) in [6, 6.07) is -0.877. The lowest BCUT2D eigenvalue weighted by Gasteiger charge is -2.12. The molecule has 6 nitrogen and oxygen atoms in total. The zero-order chi connectivity index (χ0) is 33.1. The van der Waals surface area contributed by atoms with Crippen molar-refractivity contribution in [3.05, 3.63) is 76.7 Å². The van der Waals surface area contributed by atoms with Gasteiger partial charge in [0.15, 0.2) is 5.13 Å². The van der Waals surface area contributed by atoms with Crippen molar-refractivity contribution in [1.82, 2.24) is 10.3 Å². The van der Waals surface area contributed by atoms with Crippen LogP contribution in [0.5, 0.6) is 0 Å². The lowest BCUT2D eigenvalue weighted by atomic mass is 10.1. The first-order valence-corrected chi connectivity index (χ1v) is 8.46. The Hall–Kier alpha value is -2.74. The number of nitrogens with zero attached hydrogens (tertiary/aromatic N) is 1. The lowest BCUT2D eigenvalue weighted by molar-refractivity contribution is -0.115. The highest BCUT2D eigenvalue weighted by molar-refractivity contribution is 7.13. The normalized spacial score (nSPS) is 22.8. The highest BCUT2D eigenvalue weighted by Gasteiger charge is 2.08. The molecule has 3 rings (SSSR count). The van der Waals surface area contributed by atoms with Crippen LogP contribution in [-0.4, -0.2) is 29.0 Å². The van der Waals surface area contributed by atoms with Crippen LogP contribution in [0, 0.1) is 0 Å². The van der Waals surface area contributed by atoms with E-state index in [1.165, 1.54) is 0 Å². The predicted octanol–water partition coefficient (Wildman–Crippen LogP) is 2.77. The highest BCUT2D eigenvalue weighted by atomic mass is 32.1. The molecule has 2 aromatic carbocycles. The number of aryl methyl sites for hydroxylation is 1. The molecule has 0 aliphatic rings. The van der Waals surface area contributed by atoms with E-state index >= 15 is 0 Å². The molecule has 0 saturated carbocycles. The fourth-order valence-corrected chi connectivity index (χ4v) is 2.28. The van der Waals surface area contributed by atoms with Crippen molar-refractivity contribution in [2.45, 2.75) is 18.8 Å². The van der Waals surface area contributed by atoms with E-state index in [4.69, 9.17) is 26.3 Å². The molecule has 1 heterocycles. The number of amides is 1. The summed E-state index contributed by atoms with van der Waals surface area (Å²) in [5.41, 5.74) is 3.27. The van der Waals surface area contributed by atoms with Gasteiger partial charge in [0.05, 0.1) is 27.7 Å². The number of rotatable bonds is 9. The summed E-state index contributed by atoms with van der Waals surface area (Å²) in [6.45, 7) is -7.07. The molecule has 0 radical (unpaired) electrons. The highest BCUT2D eigenvalue weighted by Crippen LogP contribution is 2.14. The van der Waals surface area contributed by atoms with Crippen LogP contribution in [0.25, 0.3) is 0 Å². The third-order valence-electron chi connectivity index (χ3n) is 3.04. The SMILES string of the molecule is [2H]c1sc(N)nc1C([2H])([2H])C(=O)Nc1ccc(C([2H])([2H])C([2H])([2H])NC([2H])([2H])[C@]([2H])(O)c2c([2H])c([2H])c([2H])c([2H])c2[2H])cc1. The largest absolute Gasteiger partial charge is 0.387 e. The summed E-state index contributed by atoms with van der Waals surface area (Å²) >= 11 is 0.667. The van der Waals surface area contributed by atoms with Crippen LogP contribution in [0.2, 0.25) is 0 Å². The number of carbonyl (C=O) groups excluding carboxylic acids is 1. The van der Waals surface area contributed by atoms with Crippen LogP contribution >= 0.6 is 11.3 Å². The van der Waals surface area contributed by atoms with Gasteiger partial charge in [-0.25, -0.2) is 4.98 Å². The number of benzene rings is 2. The zero-order valence-electron chi connectivity index (χ0n) is 29.1. The second kappa shape index (κ2) is 9.98. The van der Waals surface area contributed by atoms with E-state index in [1.54, 1.807) is 5.32 Å². The Morgan fingerprint density at radius 2 is 2.07 bits per heavy atom.